The quantitative estimate of drug-likeness (QED) is 0.830. The van der Waals surface area contributed by atoms with E-state index < -0.39 is 5.91 Å². The fourth-order valence-corrected chi connectivity index (χ4v) is 1.99. The second-order valence-corrected chi connectivity index (χ2v) is 4.57. The zero-order valence-electron chi connectivity index (χ0n) is 11.8. The molecule has 6 nitrogen and oxygen atoms in total. The van der Waals surface area contributed by atoms with E-state index in [9.17, 15) is 9.59 Å². The van der Waals surface area contributed by atoms with Gasteiger partial charge in [0.2, 0.25) is 5.43 Å². The summed E-state index contributed by atoms with van der Waals surface area (Å²) >= 11 is 0. The van der Waals surface area contributed by atoms with E-state index in [0.29, 0.717) is 24.1 Å². The monoisotopic (exact) mass is 275 g/mol. The van der Waals surface area contributed by atoms with Gasteiger partial charge < -0.3 is 10.1 Å². The SMILES string of the molecule is COCCNC(=O)c1nn(C)c2ccc(C)cc2c1=O. The Morgan fingerprint density at radius 2 is 2.20 bits per heavy atom. The summed E-state index contributed by atoms with van der Waals surface area (Å²) in [7, 11) is 3.26. The maximum atomic E-state index is 12.3. The number of rotatable bonds is 4. The van der Waals surface area contributed by atoms with Gasteiger partial charge in [-0.15, -0.1) is 0 Å². The molecule has 0 atom stereocenters. The molecule has 2 rings (SSSR count). The first kappa shape index (κ1) is 14.2. The highest BCUT2D eigenvalue weighted by atomic mass is 16.5. The summed E-state index contributed by atoms with van der Waals surface area (Å²) in [5, 5.41) is 7.17. The van der Waals surface area contributed by atoms with E-state index >= 15 is 0 Å². The number of nitrogens with zero attached hydrogens (tertiary/aromatic N) is 2. The lowest BCUT2D eigenvalue weighted by Crippen LogP contribution is -2.33. The Bertz CT molecular complexity index is 707. The number of ether oxygens (including phenoxy) is 1. The van der Waals surface area contributed by atoms with E-state index in [1.54, 1.807) is 24.9 Å². The molecule has 0 bridgehead atoms. The molecule has 1 aromatic carbocycles. The van der Waals surface area contributed by atoms with Gasteiger partial charge in [0.25, 0.3) is 5.91 Å². The van der Waals surface area contributed by atoms with Crippen LogP contribution < -0.4 is 10.7 Å². The average Bonchev–Trinajstić information content (AvgIpc) is 2.42. The number of methoxy groups -OCH3 is 1. The first-order valence-electron chi connectivity index (χ1n) is 6.29. The van der Waals surface area contributed by atoms with E-state index in [2.05, 4.69) is 10.4 Å². The summed E-state index contributed by atoms with van der Waals surface area (Å²) < 4.78 is 6.39. The van der Waals surface area contributed by atoms with Crippen molar-refractivity contribution in [2.45, 2.75) is 6.92 Å². The van der Waals surface area contributed by atoms with Crippen molar-refractivity contribution in [3.8, 4) is 0 Å². The van der Waals surface area contributed by atoms with Gasteiger partial charge in [-0.05, 0) is 19.1 Å². The van der Waals surface area contributed by atoms with Crippen molar-refractivity contribution < 1.29 is 9.53 Å². The smallest absolute Gasteiger partial charge is 0.275 e. The van der Waals surface area contributed by atoms with Gasteiger partial charge in [0, 0.05) is 20.7 Å². The highest BCUT2D eigenvalue weighted by molar-refractivity contribution is 5.95. The number of amides is 1. The second kappa shape index (κ2) is 5.83. The summed E-state index contributed by atoms with van der Waals surface area (Å²) in [6.07, 6.45) is 0. The first-order chi connectivity index (χ1) is 9.54. The molecule has 0 aliphatic carbocycles. The topological polar surface area (TPSA) is 73.2 Å². The molecular formula is C14H17N3O3. The Hall–Kier alpha value is -2.21. The minimum absolute atomic E-state index is 0.0956. The van der Waals surface area contributed by atoms with Crippen molar-refractivity contribution in [1.29, 1.82) is 0 Å². The number of nitrogens with one attached hydrogen (secondary N) is 1. The van der Waals surface area contributed by atoms with Crippen molar-refractivity contribution >= 4 is 16.8 Å². The standard InChI is InChI=1S/C14H17N3O3/c1-9-4-5-11-10(8-9)13(18)12(16-17(11)2)14(19)15-6-7-20-3/h4-5,8H,6-7H2,1-3H3,(H,15,19). The number of benzene rings is 1. The fraction of sp³-hybridized carbons (Fsp3) is 0.357. The molecule has 6 heteroatoms. The number of hydrogen-bond donors (Lipinski definition) is 1. The minimum atomic E-state index is -0.481. The number of aryl methyl sites for hydroxylation is 2. The number of aromatic nitrogens is 2. The minimum Gasteiger partial charge on any atom is -0.383 e. The molecule has 0 saturated carbocycles. The third-order valence-electron chi connectivity index (χ3n) is 3.02. The summed E-state index contributed by atoms with van der Waals surface area (Å²) in [5.41, 5.74) is 1.22. The molecule has 0 unspecified atom stereocenters. The lowest BCUT2D eigenvalue weighted by atomic mass is 10.1. The van der Waals surface area contributed by atoms with E-state index in [4.69, 9.17) is 4.74 Å². The lowest BCUT2D eigenvalue weighted by molar-refractivity contribution is 0.0929. The Balaban J connectivity index is 2.47. The van der Waals surface area contributed by atoms with Crippen LogP contribution in [0.4, 0.5) is 0 Å². The molecular weight excluding hydrogens is 258 g/mol. The third-order valence-corrected chi connectivity index (χ3v) is 3.02. The van der Waals surface area contributed by atoms with Crippen LogP contribution in [0.1, 0.15) is 16.1 Å². The normalized spacial score (nSPS) is 10.8. The third kappa shape index (κ3) is 2.70. The van der Waals surface area contributed by atoms with E-state index in [0.717, 1.165) is 5.56 Å². The molecule has 20 heavy (non-hydrogen) atoms. The molecule has 0 spiro atoms. The number of carbonyl (C=O) groups is 1. The summed E-state index contributed by atoms with van der Waals surface area (Å²) in [5.74, 6) is -0.481. The van der Waals surface area contributed by atoms with E-state index in [-0.39, 0.29) is 11.1 Å². The molecule has 2 aromatic rings. The fourth-order valence-electron chi connectivity index (χ4n) is 1.99. The zero-order chi connectivity index (χ0) is 14.7. The molecule has 0 saturated heterocycles. The van der Waals surface area contributed by atoms with Crippen molar-refractivity contribution in [1.82, 2.24) is 15.1 Å². The van der Waals surface area contributed by atoms with Crippen LogP contribution in [0.15, 0.2) is 23.0 Å². The van der Waals surface area contributed by atoms with E-state index in [1.807, 2.05) is 19.1 Å². The zero-order valence-corrected chi connectivity index (χ0v) is 11.8. The van der Waals surface area contributed by atoms with Crippen LogP contribution in [0.5, 0.6) is 0 Å². The van der Waals surface area contributed by atoms with Gasteiger partial charge in [-0.3, -0.25) is 14.3 Å². The van der Waals surface area contributed by atoms with Gasteiger partial charge in [0.05, 0.1) is 17.5 Å². The number of hydrogen-bond acceptors (Lipinski definition) is 4. The molecule has 0 aliphatic heterocycles. The lowest BCUT2D eigenvalue weighted by Gasteiger charge is -2.08. The first-order valence-corrected chi connectivity index (χ1v) is 6.29. The predicted octanol–water partition coefficient (Wildman–Crippen LogP) is 0.618. The molecule has 1 amide bonds. The largest absolute Gasteiger partial charge is 0.383 e. The molecule has 0 fully saturated rings. The van der Waals surface area contributed by atoms with Crippen LogP contribution in [-0.2, 0) is 11.8 Å². The van der Waals surface area contributed by atoms with Gasteiger partial charge in [-0.2, -0.15) is 5.10 Å². The number of fused-ring (bicyclic) bond motifs is 1. The van der Waals surface area contributed by atoms with Crippen molar-refractivity contribution in [3.05, 3.63) is 39.7 Å². The molecule has 1 heterocycles. The van der Waals surface area contributed by atoms with Crippen molar-refractivity contribution in [2.24, 2.45) is 7.05 Å². The van der Waals surface area contributed by atoms with Gasteiger partial charge in [-0.25, -0.2) is 0 Å². The Labute approximate surface area is 116 Å². The maximum absolute atomic E-state index is 12.3. The molecule has 0 radical (unpaired) electrons. The van der Waals surface area contributed by atoms with Gasteiger partial charge >= 0.3 is 0 Å². The molecule has 1 aromatic heterocycles. The van der Waals surface area contributed by atoms with Crippen LogP contribution >= 0.6 is 0 Å². The van der Waals surface area contributed by atoms with E-state index in [1.165, 1.54) is 0 Å². The van der Waals surface area contributed by atoms with Gasteiger partial charge in [0.1, 0.15) is 0 Å². The molecule has 106 valence electrons. The van der Waals surface area contributed by atoms with Crippen LogP contribution in [0, 0.1) is 6.92 Å². The Kier molecular flexibility index (Phi) is 4.14. The van der Waals surface area contributed by atoms with Gasteiger partial charge in [0.15, 0.2) is 5.69 Å². The molecule has 1 N–H and O–H groups in total. The van der Waals surface area contributed by atoms with Crippen LogP contribution in [0.25, 0.3) is 10.9 Å². The predicted molar refractivity (Wildman–Crippen MR) is 75.9 cm³/mol. The van der Waals surface area contributed by atoms with Crippen molar-refractivity contribution in [2.75, 3.05) is 20.3 Å². The molecule has 0 aliphatic rings. The second-order valence-electron chi connectivity index (χ2n) is 4.57. The van der Waals surface area contributed by atoms with Crippen LogP contribution in [0.3, 0.4) is 0 Å². The Morgan fingerprint density at radius 3 is 2.90 bits per heavy atom. The van der Waals surface area contributed by atoms with Gasteiger partial charge in [-0.1, -0.05) is 11.6 Å². The Morgan fingerprint density at radius 1 is 1.45 bits per heavy atom. The van der Waals surface area contributed by atoms with Crippen molar-refractivity contribution in [3.63, 3.8) is 0 Å². The average molecular weight is 275 g/mol. The highest BCUT2D eigenvalue weighted by Crippen LogP contribution is 2.11. The van der Waals surface area contributed by atoms with Crippen LogP contribution in [0.2, 0.25) is 0 Å². The highest BCUT2D eigenvalue weighted by Gasteiger charge is 2.16. The maximum Gasteiger partial charge on any atom is 0.275 e. The summed E-state index contributed by atoms with van der Waals surface area (Å²) in [6.45, 7) is 2.63. The van der Waals surface area contributed by atoms with Crippen LogP contribution in [-0.4, -0.2) is 35.9 Å². The number of carbonyl (C=O) groups excluding carboxylic acids is 1. The summed E-state index contributed by atoms with van der Waals surface area (Å²) in [4.78, 5) is 24.3. The summed E-state index contributed by atoms with van der Waals surface area (Å²) in [6, 6.07) is 5.50.